The standard InChI is InChI=1S/C72H120N14O15/c1-24-26-29-45(13)61(88)60-65(92)77-50(25-2)67(94)80(17)38-56(87)84(21)59(48(16)99-33-28-27-32-74-100-39-49-30-31-55-51(37-49)78-72(73)101-55)64(91)79-57(43(9)10)70(97)81(18)52(34-40(3)4)63(90)75-46(14)62(89)76-47(15)66(93)82(19)53(35-41(5)6)68(95)83(20)54(36-42(7)8)69(96)85(22)58(44(11)12)71(98)86(60)23/h24,26,30-32,37,40-48,50,52-54,57-61,88H,25,27-29,33-36,38-39H2,1-23H3,(H2,73,78)(H,75,90)(H,76,89)(H,77,92)(H,79,91)/t45-,46+,47-,48-,50+,52+,53+,54+,57+,58+,59+,60+,61-/m1/s1. The van der Waals surface area contributed by atoms with Crippen molar-refractivity contribution in [1.82, 2.24) is 60.6 Å². The van der Waals surface area contributed by atoms with Gasteiger partial charge < -0.3 is 80.4 Å². The first-order valence-corrected chi connectivity index (χ1v) is 35.4. The summed E-state index contributed by atoms with van der Waals surface area (Å²) in [6, 6.07) is -7.81. The average Bonchev–Trinajstić information content (AvgIpc) is 1.41. The molecule has 7 N–H and O–H groups in total. The van der Waals surface area contributed by atoms with Crippen molar-refractivity contribution in [2.24, 2.45) is 40.7 Å². The van der Waals surface area contributed by atoms with Gasteiger partial charge in [0.05, 0.1) is 18.8 Å². The van der Waals surface area contributed by atoms with Gasteiger partial charge in [0.15, 0.2) is 5.58 Å². The maximum Gasteiger partial charge on any atom is 0.292 e. The largest absolute Gasteiger partial charge is 0.424 e. The summed E-state index contributed by atoms with van der Waals surface area (Å²) in [7, 11) is 9.74. The first-order valence-electron chi connectivity index (χ1n) is 35.4. The maximum atomic E-state index is 15.3. The Morgan fingerprint density at radius 1 is 0.624 bits per heavy atom. The molecule has 0 unspecified atom stereocenters. The van der Waals surface area contributed by atoms with Gasteiger partial charge in [0.2, 0.25) is 65.0 Å². The number of rotatable bonds is 22. The topological polar surface area (TPSA) is 362 Å². The van der Waals surface area contributed by atoms with E-state index in [1.54, 1.807) is 92.0 Å². The number of carbonyl (C=O) groups is 11. The fourth-order valence-corrected chi connectivity index (χ4v) is 12.3. The Morgan fingerprint density at radius 3 is 1.71 bits per heavy atom. The number of allylic oxidation sites excluding steroid dienone is 2. The number of unbranched alkanes of at least 4 members (excludes halogenated alkanes) is 1. The highest BCUT2D eigenvalue weighted by Gasteiger charge is 2.46. The number of nitrogens with zero attached hydrogens (tertiary/aromatic N) is 9. The summed E-state index contributed by atoms with van der Waals surface area (Å²) in [6.07, 6.45) is 3.88. The van der Waals surface area contributed by atoms with Gasteiger partial charge in [-0.3, -0.25) is 52.7 Å². The van der Waals surface area contributed by atoms with Crippen LogP contribution in [-0.2, 0) is 68.9 Å². The number of oxazole rings is 1. The lowest BCUT2D eigenvalue weighted by molar-refractivity contribution is -0.157. The molecular weight excluding hydrogens is 1300 g/mol. The second-order valence-electron chi connectivity index (χ2n) is 29.0. The predicted molar refractivity (Wildman–Crippen MR) is 385 cm³/mol. The molecule has 0 aliphatic carbocycles. The monoisotopic (exact) mass is 1420 g/mol. The van der Waals surface area contributed by atoms with Crippen LogP contribution >= 0.6 is 0 Å². The summed E-state index contributed by atoms with van der Waals surface area (Å²) in [5.41, 5.74) is 7.56. The number of likely N-dealkylation sites (N-methyl/N-ethyl adjacent to an activating group) is 7. The van der Waals surface area contributed by atoms with Crippen LogP contribution in [0.15, 0.2) is 39.9 Å². The van der Waals surface area contributed by atoms with Crippen molar-refractivity contribution in [2.75, 3.05) is 68.2 Å². The van der Waals surface area contributed by atoms with E-state index in [0.717, 1.165) is 20.3 Å². The summed E-state index contributed by atoms with van der Waals surface area (Å²) < 4.78 is 11.6. The van der Waals surface area contributed by atoms with E-state index in [9.17, 15) is 38.7 Å². The Morgan fingerprint density at radius 2 is 1.16 bits per heavy atom. The van der Waals surface area contributed by atoms with Crippen LogP contribution in [0, 0.1) is 35.5 Å². The summed E-state index contributed by atoms with van der Waals surface area (Å²) in [5, 5.41) is 27.3. The molecule has 1 aliphatic heterocycles. The number of hydrogen-bond donors (Lipinski definition) is 6. The second kappa shape index (κ2) is 40.4. The van der Waals surface area contributed by atoms with E-state index in [4.69, 9.17) is 19.7 Å². The number of aromatic nitrogens is 1. The van der Waals surface area contributed by atoms with Crippen LogP contribution in [0.5, 0.6) is 0 Å². The minimum absolute atomic E-state index is 0.0284. The Bertz CT molecular complexity index is 3190. The van der Waals surface area contributed by atoms with Gasteiger partial charge in [0.1, 0.15) is 72.5 Å². The molecule has 568 valence electrons. The van der Waals surface area contributed by atoms with Gasteiger partial charge >= 0.3 is 0 Å². The molecule has 0 bridgehead atoms. The van der Waals surface area contributed by atoms with Crippen LogP contribution in [0.25, 0.3) is 11.1 Å². The van der Waals surface area contributed by atoms with E-state index in [-0.39, 0.29) is 69.1 Å². The Hall–Kier alpha value is -8.21. The number of hydrogen-bond acceptors (Lipinski definition) is 18. The van der Waals surface area contributed by atoms with Crippen molar-refractivity contribution in [3.8, 4) is 0 Å². The molecule has 29 heteroatoms. The van der Waals surface area contributed by atoms with Gasteiger partial charge in [-0.1, -0.05) is 106 Å². The van der Waals surface area contributed by atoms with Crippen molar-refractivity contribution in [3.63, 3.8) is 0 Å². The zero-order valence-electron chi connectivity index (χ0n) is 64.2. The van der Waals surface area contributed by atoms with E-state index in [2.05, 4.69) is 31.4 Å². The molecule has 0 radical (unpaired) electrons. The number of oxime groups is 1. The third-order valence-electron chi connectivity index (χ3n) is 18.4. The first kappa shape index (κ1) is 87.0. The van der Waals surface area contributed by atoms with Gasteiger partial charge in [0.25, 0.3) is 6.01 Å². The van der Waals surface area contributed by atoms with Gasteiger partial charge in [-0.25, -0.2) is 0 Å². The first-order chi connectivity index (χ1) is 47.1. The minimum atomic E-state index is -1.66. The molecule has 1 saturated heterocycles. The lowest BCUT2D eigenvalue weighted by Gasteiger charge is -2.41. The molecule has 1 aromatic carbocycles. The number of anilines is 1. The SMILES string of the molecule is CC=CC[C@@H](C)[C@@H](O)[C@H]1C(=O)N[C@@H](CC)C(=O)N(C)CC(=O)N(C)[C@@H]([C@@H](C)OCCCC=NOCc2ccc3oc(N)nc3c2)C(=O)N[C@@H](C(C)C)C(=O)N(C)[C@@H](CC(C)C)C(=O)N[C@@H](C)C(=O)N[C@H](C)C(=O)N(C)[C@@H](CC(C)C)C(=O)N(C)[C@@H](CC(C)C)C(=O)N(C)[C@@H](C(C)C)C(=O)N1C. The highest BCUT2D eigenvalue weighted by atomic mass is 16.6. The summed E-state index contributed by atoms with van der Waals surface area (Å²) in [6.45, 7) is 27.0. The highest BCUT2D eigenvalue weighted by molar-refractivity contribution is 6.00. The van der Waals surface area contributed by atoms with Crippen molar-refractivity contribution in [3.05, 3.63) is 35.9 Å². The summed E-state index contributed by atoms with van der Waals surface area (Å²) in [4.78, 5) is 181. The third kappa shape index (κ3) is 24.5. The molecule has 0 spiro atoms. The van der Waals surface area contributed by atoms with E-state index >= 15 is 19.2 Å². The van der Waals surface area contributed by atoms with Crippen LogP contribution in [0.4, 0.5) is 6.01 Å². The molecule has 13 atom stereocenters. The number of carbonyl (C=O) groups excluding carboxylic acids is 11. The number of nitrogens with one attached hydrogen (secondary N) is 4. The van der Waals surface area contributed by atoms with Gasteiger partial charge in [-0.2, -0.15) is 4.98 Å². The molecule has 101 heavy (non-hydrogen) atoms. The Balaban J connectivity index is 2.24. The van der Waals surface area contributed by atoms with Crippen LogP contribution in [0.3, 0.4) is 0 Å². The second-order valence-corrected chi connectivity index (χ2v) is 29.0. The Kier molecular flexibility index (Phi) is 34.8. The number of fused-ring (bicyclic) bond motifs is 1. The van der Waals surface area contributed by atoms with Crippen LogP contribution < -0.4 is 27.0 Å². The van der Waals surface area contributed by atoms with Gasteiger partial charge in [-0.05, 0) is 126 Å². The quantitative estimate of drug-likeness (QED) is 0.0413. The molecular formula is C72H120N14O15. The van der Waals surface area contributed by atoms with Crippen LogP contribution in [0.2, 0.25) is 0 Å². The molecule has 1 aliphatic rings. The number of nitrogen functional groups attached to an aromatic ring is 1. The number of amides is 11. The van der Waals surface area contributed by atoms with Crippen LogP contribution in [-0.4, -0.2) is 251 Å². The number of aliphatic hydroxyl groups excluding tert-OH is 1. The van der Waals surface area contributed by atoms with Crippen molar-refractivity contribution in [2.45, 2.75) is 235 Å². The van der Waals surface area contributed by atoms with Gasteiger partial charge in [-0.15, -0.1) is 0 Å². The Labute approximate surface area is 598 Å². The third-order valence-corrected chi connectivity index (χ3v) is 18.4. The van der Waals surface area contributed by atoms with Crippen molar-refractivity contribution < 1.29 is 71.8 Å². The number of aliphatic hydroxyl groups is 1. The number of nitrogens with two attached hydrogens (primary N) is 1. The van der Waals surface area contributed by atoms with Gasteiger partial charge in [0, 0.05) is 62.2 Å². The lowest BCUT2D eigenvalue weighted by atomic mass is 9.91. The minimum Gasteiger partial charge on any atom is -0.424 e. The fraction of sp³-hybridized carbons (Fsp3) is 0.708. The van der Waals surface area contributed by atoms with Crippen molar-refractivity contribution >= 4 is 88.3 Å². The lowest BCUT2D eigenvalue weighted by Crippen LogP contribution is -2.63. The number of ether oxygens (including phenoxy) is 1. The molecule has 0 saturated carbocycles. The average molecular weight is 1420 g/mol. The van der Waals surface area contributed by atoms with E-state index in [1.165, 1.54) is 82.8 Å². The summed E-state index contributed by atoms with van der Waals surface area (Å²) in [5.74, 6) is -10.4. The molecule has 3 rings (SSSR count). The van der Waals surface area contributed by atoms with E-state index in [1.807, 2.05) is 41.5 Å². The molecule has 1 fully saturated rings. The fourth-order valence-electron chi connectivity index (χ4n) is 12.3. The smallest absolute Gasteiger partial charge is 0.292 e. The van der Waals surface area contributed by atoms with E-state index in [0.29, 0.717) is 23.9 Å². The molecule has 2 heterocycles. The maximum absolute atomic E-state index is 15.3. The molecule has 1 aromatic heterocycles. The zero-order chi connectivity index (χ0) is 76.8. The summed E-state index contributed by atoms with van der Waals surface area (Å²) >= 11 is 0. The highest BCUT2D eigenvalue weighted by Crippen LogP contribution is 2.26. The number of benzene rings is 1. The van der Waals surface area contributed by atoms with E-state index < -0.39 is 162 Å². The van der Waals surface area contributed by atoms with Crippen LogP contribution in [0.1, 0.15) is 161 Å². The molecule has 29 nitrogen and oxygen atoms in total. The normalized spacial score (nSPS) is 24.9. The molecule has 11 amide bonds. The zero-order valence-corrected chi connectivity index (χ0v) is 64.2. The predicted octanol–water partition coefficient (Wildman–Crippen LogP) is 4.33. The molecule has 2 aromatic rings. The van der Waals surface area contributed by atoms with Crippen molar-refractivity contribution in [1.29, 1.82) is 0 Å².